The normalized spacial score (nSPS) is 26.8. The van der Waals surface area contributed by atoms with Gasteiger partial charge in [-0.05, 0) is 96.6 Å². The number of nitrogens with zero attached hydrogens (tertiary/aromatic N) is 2. The first kappa shape index (κ1) is 19.8. The van der Waals surface area contributed by atoms with Crippen LogP contribution in [0, 0.1) is 63.7 Å². The van der Waals surface area contributed by atoms with Gasteiger partial charge in [-0.2, -0.15) is 0 Å². The monoisotopic (exact) mass is 360 g/mol. The van der Waals surface area contributed by atoms with Gasteiger partial charge in [0, 0.05) is 47.0 Å². The van der Waals surface area contributed by atoms with E-state index in [0.29, 0.717) is 12.1 Å². The van der Waals surface area contributed by atoms with E-state index in [1.54, 1.807) is 0 Å². The van der Waals surface area contributed by atoms with Crippen molar-refractivity contribution in [2.24, 2.45) is 0 Å². The SMILES string of the molecule is C[C@@H]1CC[C@@H](C)N1c1ccnc([C]2[CH][CH][CH][CH]2)c1.[CH]1[CH][CH][CH][CH]1.[Fe]. The topological polar surface area (TPSA) is 16.1 Å². The van der Waals surface area contributed by atoms with E-state index < -0.39 is 0 Å². The van der Waals surface area contributed by atoms with Gasteiger partial charge < -0.3 is 4.90 Å². The van der Waals surface area contributed by atoms with Gasteiger partial charge in [-0.15, -0.1) is 0 Å². The summed E-state index contributed by atoms with van der Waals surface area (Å²) in [7, 11) is 0. The van der Waals surface area contributed by atoms with E-state index in [9.17, 15) is 0 Å². The molecule has 0 unspecified atom stereocenters. The predicted octanol–water partition coefficient (Wildman–Crippen LogP) is 4.23. The number of anilines is 1. The van der Waals surface area contributed by atoms with Crippen LogP contribution in [0.4, 0.5) is 5.69 Å². The van der Waals surface area contributed by atoms with E-state index in [0.717, 1.165) is 5.69 Å². The smallest absolute Gasteiger partial charge is 0.0501 e. The Morgan fingerprint density at radius 3 is 1.96 bits per heavy atom. The van der Waals surface area contributed by atoms with Gasteiger partial charge in [-0.3, -0.25) is 4.98 Å². The molecule has 1 aromatic rings. The zero-order valence-corrected chi connectivity index (χ0v) is 15.3. The van der Waals surface area contributed by atoms with E-state index in [4.69, 9.17) is 0 Å². The van der Waals surface area contributed by atoms with E-state index in [1.165, 1.54) is 24.4 Å². The second-order valence-electron chi connectivity index (χ2n) is 6.22. The molecular formula is C21H24FeN2. The first-order chi connectivity index (χ1) is 11.3. The molecule has 0 amide bonds. The maximum absolute atomic E-state index is 4.48. The molecule has 2 saturated carbocycles. The van der Waals surface area contributed by atoms with Gasteiger partial charge in [0.05, 0.1) is 5.69 Å². The third-order valence-electron chi connectivity index (χ3n) is 4.51. The summed E-state index contributed by atoms with van der Waals surface area (Å²) in [6.07, 6.45) is 22.8. The summed E-state index contributed by atoms with van der Waals surface area (Å²) in [6, 6.07) is 5.61. The molecule has 4 rings (SSSR count). The summed E-state index contributed by atoms with van der Waals surface area (Å²) < 4.78 is 0. The maximum Gasteiger partial charge on any atom is 0.0501 e. The third-order valence-corrected chi connectivity index (χ3v) is 4.51. The number of aromatic nitrogens is 1. The molecule has 3 heteroatoms. The van der Waals surface area contributed by atoms with Crippen LogP contribution in [0.5, 0.6) is 0 Å². The molecule has 3 aliphatic rings. The van der Waals surface area contributed by atoms with Crippen molar-refractivity contribution in [3.63, 3.8) is 0 Å². The van der Waals surface area contributed by atoms with Crippen molar-refractivity contribution in [2.75, 3.05) is 4.90 Å². The number of pyridine rings is 1. The average molecular weight is 360 g/mol. The molecule has 10 radical (unpaired) electrons. The van der Waals surface area contributed by atoms with E-state index in [1.807, 2.05) is 38.3 Å². The molecule has 24 heavy (non-hydrogen) atoms. The number of hydrogen-bond acceptors (Lipinski definition) is 2. The molecule has 2 aliphatic carbocycles. The Morgan fingerprint density at radius 1 is 0.875 bits per heavy atom. The number of hydrogen-bond donors (Lipinski definition) is 0. The molecule has 2 atom stereocenters. The Balaban J connectivity index is 0.000000300. The summed E-state index contributed by atoms with van der Waals surface area (Å²) >= 11 is 0. The van der Waals surface area contributed by atoms with Gasteiger partial charge in [-0.1, -0.05) is 0 Å². The fourth-order valence-corrected chi connectivity index (χ4v) is 3.31. The van der Waals surface area contributed by atoms with Gasteiger partial charge in [0.1, 0.15) is 0 Å². The molecule has 0 spiro atoms. The molecule has 2 heterocycles. The molecule has 3 fully saturated rings. The van der Waals surface area contributed by atoms with Crippen LogP contribution in [-0.4, -0.2) is 17.1 Å². The van der Waals surface area contributed by atoms with Crippen LogP contribution in [0.25, 0.3) is 0 Å². The van der Waals surface area contributed by atoms with Crippen molar-refractivity contribution in [1.29, 1.82) is 0 Å². The first-order valence-corrected chi connectivity index (χ1v) is 8.39. The largest absolute Gasteiger partial charge is 0.366 e. The van der Waals surface area contributed by atoms with Gasteiger partial charge >= 0.3 is 0 Å². The molecule has 1 aromatic heterocycles. The summed E-state index contributed by atoms with van der Waals surface area (Å²) in [6.45, 7) is 4.62. The Kier molecular flexibility index (Phi) is 8.10. The van der Waals surface area contributed by atoms with Crippen LogP contribution in [0.1, 0.15) is 32.4 Å². The molecule has 1 aliphatic heterocycles. The van der Waals surface area contributed by atoms with Crippen LogP contribution in [0.2, 0.25) is 0 Å². The van der Waals surface area contributed by atoms with Crippen LogP contribution in [0.15, 0.2) is 18.3 Å². The third kappa shape index (κ3) is 4.99. The Labute approximate surface area is 159 Å². The van der Waals surface area contributed by atoms with Crippen molar-refractivity contribution >= 4 is 5.69 Å². The fraction of sp³-hybridized carbons (Fsp3) is 0.286. The van der Waals surface area contributed by atoms with Crippen molar-refractivity contribution in [2.45, 2.75) is 38.8 Å². The van der Waals surface area contributed by atoms with Gasteiger partial charge in [0.25, 0.3) is 0 Å². The van der Waals surface area contributed by atoms with E-state index >= 15 is 0 Å². The van der Waals surface area contributed by atoms with Crippen molar-refractivity contribution in [3.05, 3.63) is 87.7 Å². The minimum absolute atomic E-state index is 0. The van der Waals surface area contributed by atoms with Crippen LogP contribution >= 0.6 is 0 Å². The van der Waals surface area contributed by atoms with Gasteiger partial charge in [-0.25, -0.2) is 0 Å². The molecule has 2 nitrogen and oxygen atoms in total. The molecule has 0 aromatic carbocycles. The van der Waals surface area contributed by atoms with Crippen molar-refractivity contribution in [3.8, 4) is 0 Å². The predicted molar refractivity (Wildman–Crippen MR) is 95.9 cm³/mol. The second-order valence-corrected chi connectivity index (χ2v) is 6.22. The zero-order valence-electron chi connectivity index (χ0n) is 14.2. The molecule has 0 bridgehead atoms. The van der Waals surface area contributed by atoms with Gasteiger partial charge in [0.15, 0.2) is 0 Å². The van der Waals surface area contributed by atoms with Crippen LogP contribution in [0.3, 0.4) is 0 Å². The maximum atomic E-state index is 4.48. The quantitative estimate of drug-likeness (QED) is 0.734. The van der Waals surface area contributed by atoms with Crippen molar-refractivity contribution < 1.29 is 17.1 Å². The zero-order chi connectivity index (χ0) is 16.1. The minimum atomic E-state index is 0. The standard InChI is InChI=1S/C16H19N2.C5H5.Fe/c1-12-7-8-13(2)18(12)15-9-10-17-16(11-15)14-5-3-4-6-14;1-2-4-5-3-1;/h3-6,9-13H,7-8H2,1-2H3;1-5H;/t12-,13-;;/m1../s1. The van der Waals surface area contributed by atoms with E-state index in [2.05, 4.69) is 61.5 Å². The van der Waals surface area contributed by atoms with Crippen LogP contribution < -0.4 is 4.90 Å². The van der Waals surface area contributed by atoms with Crippen molar-refractivity contribution in [1.82, 2.24) is 4.98 Å². The molecule has 126 valence electrons. The molecule has 0 N–H and O–H groups in total. The first-order valence-electron chi connectivity index (χ1n) is 8.39. The molecular weight excluding hydrogens is 336 g/mol. The summed E-state index contributed by atoms with van der Waals surface area (Å²) in [4.78, 5) is 7.00. The summed E-state index contributed by atoms with van der Waals surface area (Å²) in [5, 5.41) is 0. The Hall–Kier alpha value is -0.531. The second kappa shape index (κ2) is 9.82. The number of rotatable bonds is 2. The minimum Gasteiger partial charge on any atom is -0.366 e. The average Bonchev–Trinajstić information content (AvgIpc) is 3.32. The van der Waals surface area contributed by atoms with Gasteiger partial charge in [0.2, 0.25) is 0 Å². The Morgan fingerprint density at radius 2 is 1.42 bits per heavy atom. The molecule has 1 saturated heterocycles. The van der Waals surface area contributed by atoms with Crippen LogP contribution in [-0.2, 0) is 17.1 Å². The summed E-state index contributed by atoms with van der Waals surface area (Å²) in [5.41, 5.74) is 2.38. The Bertz CT molecular complexity index is 463. The fourth-order valence-electron chi connectivity index (χ4n) is 3.31. The van der Waals surface area contributed by atoms with E-state index in [-0.39, 0.29) is 17.1 Å². The summed E-state index contributed by atoms with van der Waals surface area (Å²) in [5.74, 6) is 1.20.